The summed E-state index contributed by atoms with van der Waals surface area (Å²) in [5.41, 5.74) is 9.47. The van der Waals surface area contributed by atoms with Crippen molar-refractivity contribution in [2.45, 2.75) is 24.1 Å². The molecule has 0 atom stereocenters. The zero-order chi connectivity index (χ0) is 13.7. The van der Waals surface area contributed by atoms with Crippen LogP contribution in [0, 0.1) is 6.92 Å². The number of ether oxygens (including phenoxy) is 1. The molecule has 2 nitrogen and oxygen atoms in total. The van der Waals surface area contributed by atoms with Gasteiger partial charge in [-0.1, -0.05) is 30.3 Å². The first kappa shape index (κ1) is 14.0. The fourth-order valence-corrected chi connectivity index (χ4v) is 3.04. The molecular weight excluding hydrogens is 254 g/mol. The molecule has 2 aromatic carbocycles. The average Bonchev–Trinajstić information content (AvgIpc) is 2.46. The van der Waals surface area contributed by atoms with Gasteiger partial charge in [0.25, 0.3) is 0 Å². The van der Waals surface area contributed by atoms with Gasteiger partial charge in [0, 0.05) is 17.2 Å². The van der Waals surface area contributed by atoms with E-state index < -0.39 is 0 Å². The minimum atomic E-state index is 0.598. The van der Waals surface area contributed by atoms with Gasteiger partial charge in [0.2, 0.25) is 0 Å². The first-order chi connectivity index (χ1) is 9.24. The van der Waals surface area contributed by atoms with E-state index >= 15 is 0 Å². The summed E-state index contributed by atoms with van der Waals surface area (Å²) in [7, 11) is 1.71. The Morgan fingerprint density at radius 2 is 1.95 bits per heavy atom. The Balaban J connectivity index is 2.10. The smallest absolute Gasteiger partial charge is 0.132 e. The van der Waals surface area contributed by atoms with Crippen LogP contribution in [0.3, 0.4) is 0 Å². The van der Waals surface area contributed by atoms with E-state index in [4.69, 9.17) is 10.5 Å². The third-order valence-corrected chi connectivity index (χ3v) is 4.20. The van der Waals surface area contributed by atoms with Gasteiger partial charge in [-0.2, -0.15) is 0 Å². The normalized spacial score (nSPS) is 10.5. The van der Waals surface area contributed by atoms with E-state index in [2.05, 4.69) is 31.2 Å². The number of hydrogen-bond donors (Lipinski definition) is 1. The van der Waals surface area contributed by atoms with E-state index in [1.165, 1.54) is 21.6 Å². The van der Waals surface area contributed by atoms with E-state index in [0.717, 1.165) is 11.5 Å². The standard InChI is InChI=1S/C16H19NOS/c1-12-9-13(10-17)7-8-14(12)11-19-16-6-4-3-5-15(16)18-2/h3-9H,10-11,17H2,1-2H3. The number of hydrogen-bond acceptors (Lipinski definition) is 3. The van der Waals surface area contributed by atoms with Crippen LogP contribution in [0.15, 0.2) is 47.4 Å². The molecule has 2 rings (SSSR count). The van der Waals surface area contributed by atoms with Gasteiger partial charge in [0.15, 0.2) is 0 Å². The molecule has 0 amide bonds. The second-order valence-electron chi connectivity index (χ2n) is 4.40. The van der Waals surface area contributed by atoms with Gasteiger partial charge in [0.05, 0.1) is 7.11 Å². The van der Waals surface area contributed by atoms with Gasteiger partial charge < -0.3 is 10.5 Å². The van der Waals surface area contributed by atoms with Crippen molar-refractivity contribution in [2.75, 3.05) is 7.11 Å². The number of rotatable bonds is 5. The Kier molecular flexibility index (Phi) is 4.88. The summed E-state index contributed by atoms with van der Waals surface area (Å²) in [6, 6.07) is 14.5. The lowest BCUT2D eigenvalue weighted by molar-refractivity contribution is 0.405. The summed E-state index contributed by atoms with van der Waals surface area (Å²) in [5.74, 6) is 1.88. The third kappa shape index (κ3) is 3.52. The maximum atomic E-state index is 5.65. The fraction of sp³-hybridized carbons (Fsp3) is 0.250. The van der Waals surface area contributed by atoms with Gasteiger partial charge in [-0.25, -0.2) is 0 Å². The highest BCUT2D eigenvalue weighted by Gasteiger charge is 2.05. The Labute approximate surface area is 119 Å². The molecule has 100 valence electrons. The van der Waals surface area contributed by atoms with Crippen molar-refractivity contribution in [3.05, 3.63) is 59.2 Å². The number of para-hydroxylation sites is 1. The van der Waals surface area contributed by atoms with Crippen LogP contribution in [-0.4, -0.2) is 7.11 Å². The molecular formula is C16H19NOS. The second kappa shape index (κ2) is 6.64. The maximum Gasteiger partial charge on any atom is 0.132 e. The summed E-state index contributed by atoms with van der Waals surface area (Å²) in [6.07, 6.45) is 0. The lowest BCUT2D eigenvalue weighted by atomic mass is 10.1. The Hall–Kier alpha value is -1.45. The van der Waals surface area contributed by atoms with Crippen molar-refractivity contribution in [2.24, 2.45) is 5.73 Å². The summed E-state index contributed by atoms with van der Waals surface area (Å²) in [4.78, 5) is 1.17. The Morgan fingerprint density at radius 1 is 1.16 bits per heavy atom. The first-order valence-electron chi connectivity index (χ1n) is 6.29. The molecule has 0 aliphatic heterocycles. The van der Waals surface area contributed by atoms with Crippen molar-refractivity contribution in [1.29, 1.82) is 0 Å². The van der Waals surface area contributed by atoms with Crippen molar-refractivity contribution >= 4 is 11.8 Å². The number of aryl methyl sites for hydroxylation is 1. The molecule has 0 spiro atoms. The fourth-order valence-electron chi connectivity index (χ4n) is 1.94. The van der Waals surface area contributed by atoms with Gasteiger partial charge in [0.1, 0.15) is 5.75 Å². The topological polar surface area (TPSA) is 35.2 Å². The monoisotopic (exact) mass is 273 g/mol. The van der Waals surface area contributed by atoms with Crippen LogP contribution >= 0.6 is 11.8 Å². The number of methoxy groups -OCH3 is 1. The van der Waals surface area contributed by atoms with Crippen LogP contribution in [0.25, 0.3) is 0 Å². The van der Waals surface area contributed by atoms with Crippen molar-refractivity contribution < 1.29 is 4.74 Å². The van der Waals surface area contributed by atoms with E-state index in [0.29, 0.717) is 6.54 Å². The number of nitrogens with two attached hydrogens (primary N) is 1. The zero-order valence-electron chi connectivity index (χ0n) is 11.3. The molecule has 0 saturated heterocycles. The minimum Gasteiger partial charge on any atom is -0.496 e. The highest BCUT2D eigenvalue weighted by Crippen LogP contribution is 2.31. The molecule has 0 aromatic heterocycles. The van der Waals surface area contributed by atoms with Gasteiger partial charge in [-0.15, -0.1) is 11.8 Å². The van der Waals surface area contributed by atoms with Gasteiger partial charge in [-0.3, -0.25) is 0 Å². The molecule has 0 fully saturated rings. The van der Waals surface area contributed by atoms with Crippen LogP contribution in [0.4, 0.5) is 0 Å². The SMILES string of the molecule is COc1ccccc1SCc1ccc(CN)cc1C. The van der Waals surface area contributed by atoms with Crippen LogP contribution in [0.2, 0.25) is 0 Å². The van der Waals surface area contributed by atoms with E-state index in [-0.39, 0.29) is 0 Å². The highest BCUT2D eigenvalue weighted by atomic mass is 32.2. The Bertz CT molecular complexity index is 554. The van der Waals surface area contributed by atoms with Crippen LogP contribution in [0.5, 0.6) is 5.75 Å². The van der Waals surface area contributed by atoms with E-state index in [1.54, 1.807) is 18.9 Å². The van der Waals surface area contributed by atoms with Crippen LogP contribution in [-0.2, 0) is 12.3 Å². The summed E-state index contributed by atoms with van der Waals surface area (Å²) < 4.78 is 5.36. The van der Waals surface area contributed by atoms with E-state index in [1.807, 2.05) is 18.2 Å². The predicted octanol–water partition coefficient (Wildman–Crippen LogP) is 3.75. The van der Waals surface area contributed by atoms with Gasteiger partial charge >= 0.3 is 0 Å². The lowest BCUT2D eigenvalue weighted by Crippen LogP contribution is -1.98. The molecule has 2 aromatic rings. The molecule has 0 saturated carbocycles. The minimum absolute atomic E-state index is 0.598. The zero-order valence-corrected chi connectivity index (χ0v) is 12.2. The molecule has 0 bridgehead atoms. The van der Waals surface area contributed by atoms with Crippen molar-refractivity contribution in [3.63, 3.8) is 0 Å². The van der Waals surface area contributed by atoms with Crippen molar-refractivity contribution in [1.82, 2.24) is 0 Å². The molecule has 19 heavy (non-hydrogen) atoms. The third-order valence-electron chi connectivity index (χ3n) is 3.09. The summed E-state index contributed by atoms with van der Waals surface area (Å²) >= 11 is 1.80. The molecule has 0 radical (unpaired) electrons. The van der Waals surface area contributed by atoms with E-state index in [9.17, 15) is 0 Å². The average molecular weight is 273 g/mol. The Morgan fingerprint density at radius 3 is 2.63 bits per heavy atom. The molecule has 3 heteroatoms. The molecule has 0 heterocycles. The first-order valence-corrected chi connectivity index (χ1v) is 7.27. The summed E-state index contributed by atoms with van der Waals surface area (Å²) in [6.45, 7) is 2.73. The number of benzene rings is 2. The summed E-state index contributed by atoms with van der Waals surface area (Å²) in [5, 5.41) is 0. The van der Waals surface area contributed by atoms with Crippen molar-refractivity contribution in [3.8, 4) is 5.75 Å². The maximum absolute atomic E-state index is 5.65. The molecule has 0 aliphatic rings. The van der Waals surface area contributed by atoms with Gasteiger partial charge in [-0.05, 0) is 35.7 Å². The quantitative estimate of drug-likeness (QED) is 0.843. The molecule has 0 aliphatic carbocycles. The highest BCUT2D eigenvalue weighted by molar-refractivity contribution is 7.98. The second-order valence-corrected chi connectivity index (χ2v) is 5.42. The van der Waals surface area contributed by atoms with Crippen LogP contribution in [0.1, 0.15) is 16.7 Å². The van der Waals surface area contributed by atoms with Crippen LogP contribution < -0.4 is 10.5 Å². The largest absolute Gasteiger partial charge is 0.496 e. The lowest BCUT2D eigenvalue weighted by Gasteiger charge is -2.10. The number of thioether (sulfide) groups is 1. The predicted molar refractivity (Wildman–Crippen MR) is 81.6 cm³/mol. The molecule has 2 N–H and O–H groups in total. The molecule has 0 unspecified atom stereocenters.